The van der Waals surface area contributed by atoms with E-state index in [1.165, 1.54) is 11.1 Å². The second kappa shape index (κ2) is 8.07. The quantitative estimate of drug-likeness (QED) is 0.600. The van der Waals surface area contributed by atoms with Gasteiger partial charge in [0.25, 0.3) is 0 Å². The zero-order chi connectivity index (χ0) is 18.5. The Morgan fingerprint density at radius 3 is 1.74 bits per heavy atom. The number of nitrogens with zero attached hydrogens (tertiary/aromatic N) is 1. The van der Waals surface area contributed by atoms with Gasteiger partial charge in [-0.2, -0.15) is 0 Å². The molecule has 2 N–H and O–H groups in total. The average molecular weight is 369 g/mol. The van der Waals surface area contributed by atoms with Gasteiger partial charge in [0.2, 0.25) is 13.6 Å². The Morgan fingerprint density at radius 1 is 0.778 bits per heavy atom. The molecule has 0 aromatic heterocycles. The molecular weight excluding hydrogens is 346 g/mol. The third-order valence-corrected chi connectivity index (χ3v) is 4.51. The molecule has 2 aromatic carbocycles. The first-order chi connectivity index (χ1) is 13.3. The molecule has 4 rings (SSSR count). The van der Waals surface area contributed by atoms with Crippen molar-refractivity contribution in [2.75, 3.05) is 33.7 Å². The van der Waals surface area contributed by atoms with Gasteiger partial charge in [0.1, 0.15) is 0 Å². The summed E-state index contributed by atoms with van der Waals surface area (Å²) in [7, 11) is 1.77. The molecule has 0 saturated carbocycles. The standard InChI is InChI=1S/C20H23N3O4/c1-21-20(22-8-6-14-2-4-16-18(10-14)26-12-24-16)23-9-7-15-3-5-17-19(11-15)27-13-25-17/h2-5,10-11H,6-9,12-13H2,1H3,(H2,21,22,23). The molecule has 0 spiro atoms. The van der Waals surface area contributed by atoms with Crippen molar-refractivity contribution in [3.63, 3.8) is 0 Å². The van der Waals surface area contributed by atoms with E-state index < -0.39 is 0 Å². The van der Waals surface area contributed by atoms with Crippen molar-refractivity contribution in [2.45, 2.75) is 12.8 Å². The molecule has 27 heavy (non-hydrogen) atoms. The van der Waals surface area contributed by atoms with E-state index in [1.54, 1.807) is 7.05 Å². The molecule has 7 heteroatoms. The van der Waals surface area contributed by atoms with Crippen LogP contribution in [0, 0.1) is 0 Å². The first kappa shape index (κ1) is 17.3. The van der Waals surface area contributed by atoms with Crippen LogP contribution in [0.2, 0.25) is 0 Å². The number of ether oxygens (including phenoxy) is 4. The minimum atomic E-state index is 0.303. The van der Waals surface area contributed by atoms with Crippen LogP contribution >= 0.6 is 0 Å². The Hall–Kier alpha value is -3.09. The van der Waals surface area contributed by atoms with Crippen molar-refractivity contribution in [3.05, 3.63) is 47.5 Å². The molecule has 7 nitrogen and oxygen atoms in total. The monoisotopic (exact) mass is 369 g/mol. The summed E-state index contributed by atoms with van der Waals surface area (Å²) in [5.74, 6) is 4.05. The SMILES string of the molecule is CN=C(NCCc1ccc2c(c1)OCO2)NCCc1ccc2c(c1)OCO2. The van der Waals surface area contributed by atoms with Gasteiger partial charge >= 0.3 is 0 Å². The van der Waals surface area contributed by atoms with Gasteiger partial charge in [-0.25, -0.2) is 0 Å². The molecule has 0 atom stereocenters. The molecular formula is C20H23N3O4. The number of aliphatic imine (C=N–C) groups is 1. The predicted molar refractivity (Wildman–Crippen MR) is 102 cm³/mol. The fourth-order valence-electron chi connectivity index (χ4n) is 3.06. The second-order valence-electron chi connectivity index (χ2n) is 6.30. The zero-order valence-electron chi connectivity index (χ0n) is 15.3. The van der Waals surface area contributed by atoms with E-state index >= 15 is 0 Å². The second-order valence-corrected chi connectivity index (χ2v) is 6.30. The molecule has 0 fully saturated rings. The Labute approximate surface area is 158 Å². The molecule has 142 valence electrons. The van der Waals surface area contributed by atoms with Gasteiger partial charge in [0.05, 0.1) is 0 Å². The zero-order valence-corrected chi connectivity index (χ0v) is 15.3. The summed E-state index contributed by atoms with van der Waals surface area (Å²) in [4.78, 5) is 4.27. The Bertz CT molecular complexity index is 772. The molecule has 2 aliphatic rings. The number of rotatable bonds is 6. The maximum absolute atomic E-state index is 5.42. The van der Waals surface area contributed by atoms with E-state index in [-0.39, 0.29) is 0 Å². The molecule has 2 heterocycles. The maximum Gasteiger partial charge on any atom is 0.231 e. The van der Waals surface area contributed by atoms with Crippen molar-refractivity contribution in [3.8, 4) is 23.0 Å². The van der Waals surface area contributed by atoms with Crippen LogP contribution in [0.3, 0.4) is 0 Å². The Balaban J connectivity index is 1.20. The van der Waals surface area contributed by atoms with Crippen molar-refractivity contribution in [1.82, 2.24) is 10.6 Å². The van der Waals surface area contributed by atoms with Crippen LogP contribution in [0.1, 0.15) is 11.1 Å². The fourth-order valence-corrected chi connectivity index (χ4v) is 3.06. The molecule has 0 aliphatic carbocycles. The van der Waals surface area contributed by atoms with Crippen LogP contribution in [0.25, 0.3) is 0 Å². The van der Waals surface area contributed by atoms with Gasteiger partial charge in [0.15, 0.2) is 29.0 Å². The van der Waals surface area contributed by atoms with E-state index in [0.29, 0.717) is 13.6 Å². The average Bonchev–Trinajstić information content (AvgIpc) is 3.35. The van der Waals surface area contributed by atoms with E-state index in [2.05, 4.69) is 27.8 Å². The van der Waals surface area contributed by atoms with E-state index in [0.717, 1.165) is 54.9 Å². The van der Waals surface area contributed by atoms with Crippen LogP contribution in [-0.4, -0.2) is 39.7 Å². The predicted octanol–water partition coefficient (Wildman–Crippen LogP) is 2.09. The topological polar surface area (TPSA) is 73.3 Å². The third kappa shape index (κ3) is 4.19. The molecule has 0 unspecified atom stereocenters. The highest BCUT2D eigenvalue weighted by molar-refractivity contribution is 5.79. The van der Waals surface area contributed by atoms with Crippen LogP contribution < -0.4 is 29.6 Å². The van der Waals surface area contributed by atoms with Crippen LogP contribution in [-0.2, 0) is 12.8 Å². The Morgan fingerprint density at radius 2 is 1.26 bits per heavy atom. The van der Waals surface area contributed by atoms with E-state index in [4.69, 9.17) is 18.9 Å². The van der Waals surface area contributed by atoms with Gasteiger partial charge in [-0.3, -0.25) is 4.99 Å². The molecule has 0 saturated heterocycles. The summed E-state index contributed by atoms with van der Waals surface area (Å²) in [6.07, 6.45) is 1.75. The maximum atomic E-state index is 5.42. The summed E-state index contributed by atoms with van der Waals surface area (Å²) >= 11 is 0. The summed E-state index contributed by atoms with van der Waals surface area (Å²) < 4.78 is 21.5. The lowest BCUT2D eigenvalue weighted by Gasteiger charge is -2.12. The minimum absolute atomic E-state index is 0.303. The fraction of sp³-hybridized carbons (Fsp3) is 0.350. The third-order valence-electron chi connectivity index (χ3n) is 4.51. The van der Waals surface area contributed by atoms with Crippen molar-refractivity contribution in [1.29, 1.82) is 0 Å². The van der Waals surface area contributed by atoms with E-state index in [1.807, 2.05) is 24.3 Å². The Kier molecular flexibility index (Phi) is 5.18. The normalized spacial score (nSPS) is 13.4. The van der Waals surface area contributed by atoms with Crippen LogP contribution in [0.15, 0.2) is 41.4 Å². The molecule has 2 aliphatic heterocycles. The van der Waals surface area contributed by atoms with Gasteiger partial charge in [-0.15, -0.1) is 0 Å². The van der Waals surface area contributed by atoms with Gasteiger partial charge in [0, 0.05) is 20.1 Å². The van der Waals surface area contributed by atoms with Crippen molar-refractivity contribution < 1.29 is 18.9 Å². The lowest BCUT2D eigenvalue weighted by atomic mass is 10.1. The smallest absolute Gasteiger partial charge is 0.231 e. The summed E-state index contributed by atoms with van der Waals surface area (Å²) in [6, 6.07) is 12.1. The number of hydrogen-bond donors (Lipinski definition) is 2. The number of fused-ring (bicyclic) bond motifs is 2. The van der Waals surface area contributed by atoms with Gasteiger partial charge < -0.3 is 29.6 Å². The summed E-state index contributed by atoms with van der Waals surface area (Å²) in [6.45, 7) is 2.17. The lowest BCUT2D eigenvalue weighted by Crippen LogP contribution is -2.39. The number of nitrogens with one attached hydrogen (secondary N) is 2. The van der Waals surface area contributed by atoms with Crippen LogP contribution in [0.4, 0.5) is 0 Å². The van der Waals surface area contributed by atoms with Crippen molar-refractivity contribution in [2.24, 2.45) is 4.99 Å². The summed E-state index contributed by atoms with van der Waals surface area (Å²) in [5, 5.41) is 6.67. The highest BCUT2D eigenvalue weighted by Crippen LogP contribution is 2.33. The highest BCUT2D eigenvalue weighted by atomic mass is 16.7. The molecule has 0 amide bonds. The number of benzene rings is 2. The minimum Gasteiger partial charge on any atom is -0.454 e. The molecule has 0 bridgehead atoms. The number of hydrogen-bond acceptors (Lipinski definition) is 5. The van der Waals surface area contributed by atoms with Crippen molar-refractivity contribution >= 4 is 5.96 Å². The first-order valence-electron chi connectivity index (χ1n) is 9.03. The molecule has 2 aromatic rings. The number of guanidine groups is 1. The summed E-state index contributed by atoms with van der Waals surface area (Å²) in [5.41, 5.74) is 2.39. The van der Waals surface area contributed by atoms with Gasteiger partial charge in [-0.1, -0.05) is 12.1 Å². The largest absolute Gasteiger partial charge is 0.454 e. The molecule has 0 radical (unpaired) electrons. The van der Waals surface area contributed by atoms with E-state index in [9.17, 15) is 0 Å². The first-order valence-corrected chi connectivity index (χ1v) is 9.03. The highest BCUT2D eigenvalue weighted by Gasteiger charge is 2.14. The lowest BCUT2D eigenvalue weighted by molar-refractivity contribution is 0.173. The van der Waals surface area contributed by atoms with Gasteiger partial charge in [-0.05, 0) is 48.2 Å². The van der Waals surface area contributed by atoms with Crippen LogP contribution in [0.5, 0.6) is 23.0 Å².